The number of hydrogen-bond donors (Lipinski definition) is 0. The van der Waals surface area contributed by atoms with E-state index in [1.54, 1.807) is 0 Å². The van der Waals surface area contributed by atoms with Gasteiger partial charge in [0.15, 0.2) is 23.3 Å². The van der Waals surface area contributed by atoms with Gasteiger partial charge in [0.2, 0.25) is 5.82 Å². The molecule has 0 bridgehead atoms. The molecule has 242 valence electrons. The van der Waals surface area contributed by atoms with Crippen LogP contribution in [-0.2, 0) is 0 Å². The summed E-state index contributed by atoms with van der Waals surface area (Å²) in [6.07, 6.45) is 0. The highest BCUT2D eigenvalue weighted by Gasteiger charge is 2.42. The van der Waals surface area contributed by atoms with Crippen molar-refractivity contribution in [2.45, 2.75) is 98.6 Å². The van der Waals surface area contributed by atoms with Crippen molar-refractivity contribution >= 4 is 33.5 Å². The van der Waals surface area contributed by atoms with Crippen molar-refractivity contribution in [3.63, 3.8) is 0 Å². The molecule has 1 atom stereocenters. The van der Waals surface area contributed by atoms with Crippen molar-refractivity contribution < 1.29 is 22.0 Å². The van der Waals surface area contributed by atoms with Gasteiger partial charge in [-0.3, -0.25) is 0 Å². The normalized spacial score (nSPS) is 13.1. The van der Waals surface area contributed by atoms with Crippen molar-refractivity contribution in [3.8, 4) is 27.6 Å². The summed E-state index contributed by atoms with van der Waals surface area (Å²) in [6, 6.07) is 14.0. The molecule has 1 heterocycles. The maximum absolute atomic E-state index is 16.1. The lowest BCUT2D eigenvalue weighted by Gasteiger charge is -2.30. The first-order valence-corrected chi connectivity index (χ1v) is 24.1. The summed E-state index contributed by atoms with van der Waals surface area (Å²) in [7, 11) is -6.24. The van der Waals surface area contributed by atoms with Crippen LogP contribution < -0.4 is 9.84 Å². The van der Waals surface area contributed by atoms with Gasteiger partial charge in [-0.05, 0) is 61.0 Å². The molecule has 0 saturated heterocycles. The van der Waals surface area contributed by atoms with Crippen molar-refractivity contribution in [1.82, 2.24) is 0 Å². The van der Waals surface area contributed by atoms with Gasteiger partial charge in [-0.25, -0.2) is 22.0 Å². The maximum Gasteiger partial charge on any atom is 0.200 e. The Labute approximate surface area is 269 Å². The topological polar surface area (TPSA) is 0 Å². The van der Waals surface area contributed by atoms with E-state index in [9.17, 15) is 4.39 Å². The zero-order chi connectivity index (χ0) is 33.9. The summed E-state index contributed by atoms with van der Waals surface area (Å²) in [4.78, 5) is 2.03. The molecular weight excluding hydrogens is 627 g/mol. The van der Waals surface area contributed by atoms with Crippen LogP contribution in [0.15, 0.2) is 42.5 Å². The minimum absolute atomic E-state index is 0.155. The first-order valence-electron chi connectivity index (χ1n) is 15.8. The molecule has 45 heavy (non-hydrogen) atoms. The predicted octanol–water partition coefficient (Wildman–Crippen LogP) is 12.2. The van der Waals surface area contributed by atoms with Crippen LogP contribution in [0.1, 0.15) is 76.0 Å². The maximum atomic E-state index is 16.1. The number of halogens is 5. The lowest BCUT2D eigenvalue weighted by Crippen LogP contribution is -2.40. The van der Waals surface area contributed by atoms with E-state index in [0.717, 1.165) is 15.4 Å². The van der Waals surface area contributed by atoms with E-state index in [0.29, 0.717) is 11.5 Å². The number of benzene rings is 3. The summed E-state index contributed by atoms with van der Waals surface area (Å²) >= 11 is 0. The predicted molar refractivity (Wildman–Crippen MR) is 189 cm³/mol. The third-order valence-electron chi connectivity index (χ3n) is 8.44. The molecule has 1 aromatic heterocycles. The number of rotatable bonds is 8. The van der Waals surface area contributed by atoms with Gasteiger partial charge in [-0.2, -0.15) is 0 Å². The van der Waals surface area contributed by atoms with Gasteiger partial charge in [0.1, 0.15) is 0 Å². The van der Waals surface area contributed by atoms with Gasteiger partial charge in [0.05, 0.1) is 21.7 Å². The molecule has 0 radical (unpaired) electrons. The molecule has 0 aliphatic rings. The Hall–Kier alpha value is -2.48. The molecule has 1 unspecified atom stereocenters. The van der Waals surface area contributed by atoms with Crippen LogP contribution >= 0.6 is 7.53 Å². The molecule has 0 N–H and O–H groups in total. The standard InChI is InChI=1S/C37H46F5PSi2/c1-20(2)24-18-25(21(3)4)35(26(19-24)22(5)6)43-36(44(7,8)9)27(23-16-14-13-15-17-23)28(37(43)45(10,11)12)29-30(38)32(40)34(42)33(41)31(29)39/h13-22H,1-12H3. The van der Waals surface area contributed by atoms with Crippen LogP contribution in [0.3, 0.4) is 0 Å². The van der Waals surface area contributed by atoms with Crippen molar-refractivity contribution in [1.29, 1.82) is 0 Å². The Bertz CT molecular complexity index is 1680. The SMILES string of the molecule is CC(C)c1cc(C(C)C)c(-p2c([Si](C)(C)C)c(-c3ccccc3)c(-c3c(F)c(F)c(F)c(F)c3F)c2[Si](C)(C)C)c(C(C)C)c1. The second kappa shape index (κ2) is 12.6. The summed E-state index contributed by atoms with van der Waals surface area (Å²) in [6.45, 7) is 26.2. The van der Waals surface area contributed by atoms with Gasteiger partial charge in [-0.1, -0.05) is 131 Å². The fourth-order valence-electron chi connectivity index (χ4n) is 6.35. The van der Waals surface area contributed by atoms with Crippen LogP contribution in [0.5, 0.6) is 0 Å². The molecular formula is C37H46F5PSi2. The summed E-state index contributed by atoms with van der Waals surface area (Å²) < 4.78 is 76.7. The van der Waals surface area contributed by atoms with E-state index in [1.807, 2.05) is 30.3 Å². The Morgan fingerprint density at radius 3 is 1.29 bits per heavy atom. The minimum atomic E-state index is -2.54. The van der Waals surface area contributed by atoms with E-state index in [2.05, 4.69) is 93.0 Å². The Morgan fingerprint density at radius 2 is 0.911 bits per heavy atom. The Morgan fingerprint density at radius 1 is 0.511 bits per heavy atom. The first-order chi connectivity index (χ1) is 20.7. The van der Waals surface area contributed by atoms with E-state index in [4.69, 9.17) is 0 Å². The second-order valence-electron chi connectivity index (χ2n) is 15.1. The molecule has 0 saturated carbocycles. The second-order valence-corrected chi connectivity index (χ2v) is 28.0. The summed E-state index contributed by atoms with van der Waals surface area (Å²) in [5, 5.41) is 1.20. The Balaban J connectivity index is 2.49. The highest BCUT2D eigenvalue weighted by Crippen LogP contribution is 2.54. The van der Waals surface area contributed by atoms with Gasteiger partial charge >= 0.3 is 0 Å². The average Bonchev–Trinajstić information content (AvgIpc) is 3.31. The van der Waals surface area contributed by atoms with Crippen LogP contribution in [-0.4, -0.2) is 16.1 Å². The Kier molecular flexibility index (Phi) is 9.92. The third kappa shape index (κ3) is 6.29. The summed E-state index contributed by atoms with van der Waals surface area (Å²) in [5.74, 6) is -8.86. The van der Waals surface area contributed by atoms with Crippen molar-refractivity contribution in [2.75, 3.05) is 0 Å². The molecule has 0 spiro atoms. The third-order valence-corrected chi connectivity index (χ3v) is 19.5. The fourth-order valence-corrected chi connectivity index (χ4v) is 18.2. The molecule has 4 rings (SSSR count). The molecule has 4 aromatic rings. The minimum Gasteiger partial charge on any atom is -0.203 e. The molecule has 0 aliphatic heterocycles. The lowest BCUT2D eigenvalue weighted by molar-refractivity contribution is 0.381. The molecule has 3 aromatic carbocycles. The van der Waals surface area contributed by atoms with Gasteiger partial charge in [0.25, 0.3) is 0 Å². The van der Waals surface area contributed by atoms with Gasteiger partial charge < -0.3 is 0 Å². The molecule has 0 amide bonds. The summed E-state index contributed by atoms with van der Waals surface area (Å²) in [5.41, 5.74) is 4.46. The quantitative estimate of drug-likeness (QED) is 0.0756. The molecule has 0 fully saturated rings. The first kappa shape index (κ1) is 35.4. The van der Waals surface area contributed by atoms with Crippen LogP contribution in [0.25, 0.3) is 27.6 Å². The van der Waals surface area contributed by atoms with E-state index in [-0.39, 0.29) is 17.4 Å². The van der Waals surface area contributed by atoms with E-state index in [1.165, 1.54) is 22.0 Å². The molecule has 8 heteroatoms. The number of hydrogen-bond acceptors (Lipinski definition) is 0. The molecule has 0 nitrogen and oxygen atoms in total. The smallest absolute Gasteiger partial charge is 0.200 e. The average molecular weight is 673 g/mol. The van der Waals surface area contributed by atoms with Crippen molar-refractivity contribution in [3.05, 3.63) is 88.2 Å². The zero-order valence-corrected chi connectivity index (χ0v) is 31.5. The van der Waals surface area contributed by atoms with Gasteiger partial charge in [0, 0.05) is 5.30 Å². The highest BCUT2D eigenvalue weighted by molar-refractivity contribution is 7.71. The van der Waals surface area contributed by atoms with Crippen LogP contribution in [0, 0.1) is 29.1 Å². The van der Waals surface area contributed by atoms with Crippen LogP contribution in [0.4, 0.5) is 22.0 Å². The van der Waals surface area contributed by atoms with Crippen LogP contribution in [0.2, 0.25) is 39.3 Å². The van der Waals surface area contributed by atoms with Crippen molar-refractivity contribution in [2.24, 2.45) is 0 Å². The largest absolute Gasteiger partial charge is 0.203 e. The fraction of sp³-hybridized carbons (Fsp3) is 0.405. The zero-order valence-electron chi connectivity index (χ0n) is 28.6. The van der Waals surface area contributed by atoms with E-state index < -0.39 is 58.3 Å². The lowest BCUT2D eigenvalue weighted by atomic mass is 9.89. The highest BCUT2D eigenvalue weighted by atomic mass is 31.1. The monoisotopic (exact) mass is 672 g/mol. The van der Waals surface area contributed by atoms with E-state index >= 15 is 17.6 Å². The van der Waals surface area contributed by atoms with Gasteiger partial charge in [-0.15, -0.1) is 0 Å². The molecule has 0 aliphatic carbocycles.